The summed E-state index contributed by atoms with van der Waals surface area (Å²) in [6.07, 6.45) is 11.4. The van der Waals surface area contributed by atoms with Crippen molar-refractivity contribution in [2.75, 3.05) is 18.7 Å². The molecule has 4 N–H and O–H groups in total. The van der Waals surface area contributed by atoms with E-state index in [4.69, 9.17) is 16.4 Å². The van der Waals surface area contributed by atoms with E-state index < -0.39 is 6.03 Å². The van der Waals surface area contributed by atoms with Gasteiger partial charge in [0.15, 0.2) is 5.78 Å². The Labute approximate surface area is 215 Å². The summed E-state index contributed by atoms with van der Waals surface area (Å²) in [6.45, 7) is 4.68. The number of fused-ring (bicyclic) bond motifs is 5. The normalized spacial score (nSPS) is 37.3. The summed E-state index contributed by atoms with van der Waals surface area (Å²) in [5.74, 6) is 17.8. The zero-order valence-corrected chi connectivity index (χ0v) is 22.2. The number of methoxy groups -OCH3 is 1. The second kappa shape index (κ2) is 9.97. The Hall–Kier alpha value is -2.12. The molecular formula is C29H44N4O3. The summed E-state index contributed by atoms with van der Waals surface area (Å²) >= 11 is 0. The number of ketones is 1. The van der Waals surface area contributed by atoms with Crippen LogP contribution in [-0.4, -0.2) is 30.5 Å². The lowest BCUT2D eigenvalue weighted by atomic mass is 9.49. The lowest BCUT2D eigenvalue weighted by molar-refractivity contribution is -0.131. The Morgan fingerprint density at radius 1 is 0.972 bits per heavy atom. The summed E-state index contributed by atoms with van der Waals surface area (Å²) in [5, 5.41) is 1.96. The predicted octanol–water partition coefficient (Wildman–Crippen LogP) is 5.15. The lowest BCUT2D eigenvalue weighted by Gasteiger charge is -2.56. The van der Waals surface area contributed by atoms with Gasteiger partial charge in [-0.1, -0.05) is 20.3 Å². The second-order valence-electron chi connectivity index (χ2n) is 12.5. The molecule has 5 rings (SSSR count). The fourth-order valence-corrected chi connectivity index (χ4v) is 8.95. The van der Waals surface area contributed by atoms with Gasteiger partial charge in [-0.05, 0) is 117 Å². The number of nitrogens with two attached hydrogens (primary N) is 2. The highest BCUT2D eigenvalue weighted by Gasteiger charge is 2.58. The molecule has 0 saturated heterocycles. The molecule has 4 aliphatic carbocycles. The third kappa shape index (κ3) is 4.43. The molecule has 8 atom stereocenters. The van der Waals surface area contributed by atoms with Crippen LogP contribution in [-0.2, 0) is 4.79 Å². The first kappa shape index (κ1) is 25.5. The number of rotatable bonds is 5. The maximum Gasteiger partial charge on any atom is 0.353 e. The molecule has 7 nitrogen and oxygen atoms in total. The quantitative estimate of drug-likeness (QED) is 0.334. The van der Waals surface area contributed by atoms with Crippen molar-refractivity contribution in [2.24, 2.45) is 58.5 Å². The molecule has 0 heterocycles. The number of hydrogen-bond donors (Lipinski definition) is 2. The van der Waals surface area contributed by atoms with Crippen LogP contribution < -0.4 is 21.4 Å². The lowest BCUT2D eigenvalue weighted by Crippen LogP contribution is -2.54. The Morgan fingerprint density at radius 2 is 1.69 bits per heavy atom. The topological polar surface area (TPSA) is 102 Å². The second-order valence-corrected chi connectivity index (χ2v) is 12.5. The molecule has 4 fully saturated rings. The van der Waals surface area contributed by atoms with Crippen molar-refractivity contribution in [3.05, 3.63) is 24.3 Å². The maximum atomic E-state index is 13.5. The van der Waals surface area contributed by atoms with Crippen LogP contribution in [0.4, 0.5) is 10.5 Å². The molecule has 4 aliphatic rings. The number of carbonyl (C=O) groups is 2. The van der Waals surface area contributed by atoms with E-state index >= 15 is 0 Å². The van der Waals surface area contributed by atoms with Crippen LogP contribution in [0.5, 0.6) is 5.75 Å². The smallest absolute Gasteiger partial charge is 0.353 e. The van der Waals surface area contributed by atoms with Gasteiger partial charge < -0.3 is 4.74 Å². The zero-order valence-electron chi connectivity index (χ0n) is 22.2. The van der Waals surface area contributed by atoms with Gasteiger partial charge in [-0.25, -0.2) is 21.5 Å². The van der Waals surface area contributed by atoms with Gasteiger partial charge in [-0.3, -0.25) is 9.80 Å². The number of hydrazine groups is 2. The van der Waals surface area contributed by atoms with E-state index in [1.807, 2.05) is 0 Å². The fraction of sp³-hybridized carbons (Fsp3) is 0.724. The third-order valence-corrected chi connectivity index (χ3v) is 10.7. The van der Waals surface area contributed by atoms with Crippen molar-refractivity contribution >= 4 is 17.5 Å². The molecule has 1 aromatic carbocycles. The summed E-state index contributed by atoms with van der Waals surface area (Å²) in [5.41, 5.74) is 0.512. The van der Waals surface area contributed by atoms with Crippen LogP contribution >= 0.6 is 0 Å². The number of Topliss-reactive ketones (excluding diaryl/α,β-unsaturated/α-hetero) is 1. The number of ether oxygens (including phenoxy) is 1. The number of nitrogens with zero attached hydrogens (tertiary/aromatic N) is 2. The van der Waals surface area contributed by atoms with Gasteiger partial charge in [0, 0.05) is 5.92 Å². The Bertz CT molecular complexity index is 968. The van der Waals surface area contributed by atoms with E-state index in [9.17, 15) is 9.59 Å². The number of urea groups is 1. The summed E-state index contributed by atoms with van der Waals surface area (Å²) < 4.78 is 5.16. The Balaban J connectivity index is 1.22. The molecule has 0 bridgehead atoms. The first-order chi connectivity index (χ1) is 17.2. The molecule has 198 valence electrons. The highest BCUT2D eigenvalue weighted by Crippen LogP contribution is 2.64. The third-order valence-electron chi connectivity index (χ3n) is 10.7. The summed E-state index contributed by atoms with van der Waals surface area (Å²) in [4.78, 5) is 26.4. The number of benzene rings is 1. The van der Waals surface area contributed by atoms with Gasteiger partial charge in [-0.15, -0.1) is 0 Å². The van der Waals surface area contributed by atoms with Crippen LogP contribution in [0.3, 0.4) is 0 Å². The molecule has 0 spiro atoms. The van der Waals surface area contributed by atoms with Gasteiger partial charge in [0.2, 0.25) is 0 Å². The molecule has 0 aromatic heterocycles. The number of amides is 2. The van der Waals surface area contributed by atoms with Gasteiger partial charge >= 0.3 is 6.03 Å². The molecule has 8 unspecified atom stereocenters. The van der Waals surface area contributed by atoms with Gasteiger partial charge in [-0.2, -0.15) is 0 Å². The average molecular weight is 497 g/mol. The molecule has 2 amide bonds. The SMILES string of the molecule is COc1ccc(N(N)C(=O)N(N)CC(=O)C2CCC3C4CCC5CC(C)CCC5C4CCC23C)cc1. The highest BCUT2D eigenvalue weighted by atomic mass is 16.5. The first-order valence-corrected chi connectivity index (χ1v) is 14.0. The number of carbonyl (C=O) groups excluding carboxylic acids is 2. The van der Waals surface area contributed by atoms with Crippen LogP contribution in [0.1, 0.15) is 71.6 Å². The van der Waals surface area contributed by atoms with E-state index in [1.165, 1.54) is 38.5 Å². The van der Waals surface area contributed by atoms with Crippen molar-refractivity contribution in [2.45, 2.75) is 71.6 Å². The molecule has 4 saturated carbocycles. The van der Waals surface area contributed by atoms with Crippen molar-refractivity contribution in [3.63, 3.8) is 0 Å². The minimum atomic E-state index is -0.596. The van der Waals surface area contributed by atoms with Crippen LogP contribution in [0, 0.1) is 46.8 Å². The van der Waals surface area contributed by atoms with Gasteiger partial charge in [0.05, 0.1) is 19.3 Å². The van der Waals surface area contributed by atoms with E-state index in [1.54, 1.807) is 31.4 Å². The first-order valence-electron chi connectivity index (χ1n) is 14.0. The maximum absolute atomic E-state index is 13.5. The summed E-state index contributed by atoms with van der Waals surface area (Å²) in [6, 6.07) is 6.24. The van der Waals surface area contributed by atoms with Crippen molar-refractivity contribution in [3.8, 4) is 5.75 Å². The van der Waals surface area contributed by atoms with Crippen LogP contribution in [0.15, 0.2) is 24.3 Å². The van der Waals surface area contributed by atoms with Crippen molar-refractivity contribution < 1.29 is 14.3 Å². The molecule has 1 aromatic rings. The van der Waals surface area contributed by atoms with Gasteiger partial charge in [0.25, 0.3) is 0 Å². The van der Waals surface area contributed by atoms with Crippen molar-refractivity contribution in [1.82, 2.24) is 5.01 Å². The largest absolute Gasteiger partial charge is 0.497 e. The van der Waals surface area contributed by atoms with E-state index in [0.717, 1.165) is 58.9 Å². The monoisotopic (exact) mass is 496 g/mol. The van der Waals surface area contributed by atoms with E-state index in [0.29, 0.717) is 17.4 Å². The minimum absolute atomic E-state index is 0.0231. The van der Waals surface area contributed by atoms with E-state index in [-0.39, 0.29) is 23.7 Å². The molecule has 36 heavy (non-hydrogen) atoms. The molecule has 7 heteroatoms. The van der Waals surface area contributed by atoms with Crippen LogP contribution in [0.25, 0.3) is 0 Å². The number of hydrogen-bond acceptors (Lipinski definition) is 5. The fourth-order valence-electron chi connectivity index (χ4n) is 8.95. The Morgan fingerprint density at radius 3 is 2.42 bits per heavy atom. The van der Waals surface area contributed by atoms with E-state index in [2.05, 4.69) is 13.8 Å². The standard InChI is InChI=1S/C29H44N4O3/c1-18-4-10-22-19(16-18)5-11-24-23(22)14-15-29(2)25(24)12-13-26(29)27(34)17-32(30)28(35)33(31)20-6-8-21(36-3)9-7-20/h6-9,18-19,22-26H,4-5,10-17,30-31H2,1-3H3. The van der Waals surface area contributed by atoms with Gasteiger partial charge in [0.1, 0.15) is 5.75 Å². The zero-order chi connectivity index (χ0) is 25.6. The molecule has 0 radical (unpaired) electrons. The predicted molar refractivity (Wildman–Crippen MR) is 141 cm³/mol. The Kier molecular flexibility index (Phi) is 7.07. The number of anilines is 1. The van der Waals surface area contributed by atoms with Crippen LogP contribution in [0.2, 0.25) is 0 Å². The molecule has 0 aliphatic heterocycles. The van der Waals surface area contributed by atoms with Crippen molar-refractivity contribution in [1.29, 1.82) is 0 Å². The highest BCUT2D eigenvalue weighted by molar-refractivity contribution is 5.94. The minimum Gasteiger partial charge on any atom is -0.497 e. The average Bonchev–Trinajstić information content (AvgIpc) is 3.24. The molecular weight excluding hydrogens is 452 g/mol. The summed E-state index contributed by atoms with van der Waals surface area (Å²) in [7, 11) is 1.58.